The van der Waals surface area contributed by atoms with Crippen molar-refractivity contribution >= 4 is 38.3 Å². The van der Waals surface area contributed by atoms with Gasteiger partial charge in [0.2, 0.25) is 15.9 Å². The van der Waals surface area contributed by atoms with E-state index in [1.165, 1.54) is 25.9 Å². The van der Waals surface area contributed by atoms with E-state index in [1.807, 2.05) is 35.2 Å². The number of piperazine rings is 1. The fraction of sp³-hybridized carbons (Fsp3) is 0.417. The normalized spacial score (nSPS) is 19.8. The van der Waals surface area contributed by atoms with Gasteiger partial charge < -0.3 is 5.32 Å². The molecule has 2 heterocycles. The number of nitrogens with zero attached hydrogens (tertiary/aromatic N) is 3. The Hall–Kier alpha value is -2.51. The van der Waals surface area contributed by atoms with Crippen molar-refractivity contribution in [1.82, 2.24) is 9.21 Å². The van der Waals surface area contributed by atoms with Crippen molar-refractivity contribution < 1.29 is 13.2 Å². The third-order valence-electron chi connectivity index (χ3n) is 6.17. The minimum Gasteiger partial charge on any atom is -0.315 e. The van der Waals surface area contributed by atoms with Gasteiger partial charge in [-0.1, -0.05) is 37.3 Å². The highest BCUT2D eigenvalue weighted by molar-refractivity contribution is 7.92. The third-order valence-corrected chi connectivity index (χ3v) is 8.90. The molecule has 0 radical (unpaired) electrons. The SMILES string of the molecule is C[C@H]1CCc2c(sc(NC(=O)CN3CCN(S(=O)(=O)/C=C/c4ccccc4)CC3)c2C#N)C1. The number of hydrogen-bond acceptors (Lipinski definition) is 6. The Morgan fingerprint density at radius 3 is 2.67 bits per heavy atom. The Labute approximate surface area is 199 Å². The highest BCUT2D eigenvalue weighted by atomic mass is 32.2. The van der Waals surface area contributed by atoms with Crippen LogP contribution in [0.25, 0.3) is 6.08 Å². The van der Waals surface area contributed by atoms with Crippen LogP contribution in [0.5, 0.6) is 0 Å². The zero-order valence-corrected chi connectivity index (χ0v) is 20.3. The second kappa shape index (κ2) is 10.2. The van der Waals surface area contributed by atoms with Crippen LogP contribution in [0.1, 0.15) is 34.9 Å². The summed E-state index contributed by atoms with van der Waals surface area (Å²) in [6.45, 7) is 4.03. The maximum Gasteiger partial charge on any atom is 0.239 e. The Bertz CT molecular complexity index is 1170. The lowest BCUT2D eigenvalue weighted by molar-refractivity contribution is -0.117. The van der Waals surface area contributed by atoms with Crippen LogP contribution in [-0.2, 0) is 27.7 Å². The minimum absolute atomic E-state index is 0.168. The number of fused-ring (bicyclic) bond motifs is 1. The van der Waals surface area contributed by atoms with Crippen LogP contribution in [0.2, 0.25) is 0 Å². The minimum atomic E-state index is -3.51. The number of nitrogens with one attached hydrogen (secondary N) is 1. The molecule has 2 aliphatic rings. The molecule has 33 heavy (non-hydrogen) atoms. The summed E-state index contributed by atoms with van der Waals surface area (Å²) in [6, 6.07) is 11.6. The maximum atomic E-state index is 12.7. The lowest BCUT2D eigenvalue weighted by atomic mass is 9.89. The van der Waals surface area contributed by atoms with Gasteiger partial charge >= 0.3 is 0 Å². The number of hydrogen-bond donors (Lipinski definition) is 1. The number of carbonyl (C=O) groups is 1. The molecular weight excluding hydrogens is 456 g/mol. The van der Waals surface area contributed by atoms with E-state index >= 15 is 0 Å². The van der Waals surface area contributed by atoms with Crippen LogP contribution in [-0.4, -0.2) is 56.3 Å². The highest BCUT2D eigenvalue weighted by Gasteiger charge is 2.27. The number of nitriles is 1. The monoisotopic (exact) mass is 484 g/mol. The predicted octanol–water partition coefficient (Wildman–Crippen LogP) is 3.30. The van der Waals surface area contributed by atoms with Crippen molar-refractivity contribution in [3.05, 3.63) is 57.3 Å². The van der Waals surface area contributed by atoms with E-state index in [-0.39, 0.29) is 12.5 Å². The van der Waals surface area contributed by atoms with Crippen LogP contribution >= 0.6 is 11.3 Å². The molecule has 4 rings (SSSR count). The summed E-state index contributed by atoms with van der Waals surface area (Å²) in [5, 5.41) is 14.4. The summed E-state index contributed by atoms with van der Waals surface area (Å²) < 4.78 is 26.7. The largest absolute Gasteiger partial charge is 0.315 e. The molecule has 0 unspecified atom stereocenters. The van der Waals surface area contributed by atoms with Crippen LogP contribution in [0.15, 0.2) is 35.7 Å². The van der Waals surface area contributed by atoms with Crippen LogP contribution in [0, 0.1) is 17.2 Å². The molecule has 0 bridgehead atoms. The molecule has 7 nitrogen and oxygen atoms in total. The number of carbonyl (C=O) groups excluding carboxylic acids is 1. The summed E-state index contributed by atoms with van der Waals surface area (Å²) in [5.41, 5.74) is 2.53. The smallest absolute Gasteiger partial charge is 0.239 e. The summed E-state index contributed by atoms with van der Waals surface area (Å²) >= 11 is 1.52. The fourth-order valence-electron chi connectivity index (χ4n) is 4.28. The number of sulfonamides is 1. The molecule has 1 N–H and O–H groups in total. The molecule has 9 heteroatoms. The molecule has 0 spiro atoms. The van der Waals surface area contributed by atoms with Gasteiger partial charge in [-0.3, -0.25) is 9.69 Å². The zero-order valence-electron chi connectivity index (χ0n) is 18.7. The molecule has 1 amide bonds. The summed E-state index contributed by atoms with van der Waals surface area (Å²) in [6.07, 6.45) is 4.52. The Morgan fingerprint density at radius 2 is 1.97 bits per heavy atom. The van der Waals surface area contributed by atoms with Crippen LogP contribution < -0.4 is 5.32 Å². The molecule has 1 aliphatic carbocycles. The molecule has 1 saturated heterocycles. The first-order valence-corrected chi connectivity index (χ1v) is 13.5. The van der Waals surface area contributed by atoms with Gasteiger partial charge in [-0.05, 0) is 42.4 Å². The van der Waals surface area contributed by atoms with E-state index in [1.54, 1.807) is 6.08 Å². The fourth-order valence-corrected chi connectivity index (χ4v) is 6.83. The van der Waals surface area contributed by atoms with Crippen molar-refractivity contribution in [3.63, 3.8) is 0 Å². The summed E-state index contributed by atoms with van der Waals surface area (Å²) in [5.74, 6) is 0.430. The second-order valence-electron chi connectivity index (χ2n) is 8.65. The van der Waals surface area contributed by atoms with Gasteiger partial charge in [0.05, 0.1) is 12.1 Å². The summed E-state index contributed by atoms with van der Waals surface area (Å²) in [4.78, 5) is 15.8. The topological polar surface area (TPSA) is 93.5 Å². The second-order valence-corrected chi connectivity index (χ2v) is 11.6. The predicted molar refractivity (Wildman–Crippen MR) is 131 cm³/mol. The van der Waals surface area contributed by atoms with E-state index in [0.29, 0.717) is 42.7 Å². The van der Waals surface area contributed by atoms with E-state index < -0.39 is 10.0 Å². The Morgan fingerprint density at radius 1 is 1.24 bits per heavy atom. The van der Waals surface area contributed by atoms with Crippen LogP contribution in [0.3, 0.4) is 0 Å². The number of benzene rings is 1. The van der Waals surface area contributed by atoms with Gasteiger partial charge in [-0.15, -0.1) is 11.3 Å². The zero-order chi connectivity index (χ0) is 23.4. The summed E-state index contributed by atoms with van der Waals surface area (Å²) in [7, 11) is -3.51. The van der Waals surface area contributed by atoms with Crippen molar-refractivity contribution in [2.24, 2.45) is 5.92 Å². The van der Waals surface area contributed by atoms with Crippen molar-refractivity contribution in [1.29, 1.82) is 5.26 Å². The average molecular weight is 485 g/mol. The number of thiophene rings is 1. The Balaban J connectivity index is 1.31. The molecule has 0 saturated carbocycles. The first-order valence-electron chi connectivity index (χ1n) is 11.2. The maximum absolute atomic E-state index is 12.7. The van der Waals surface area contributed by atoms with Gasteiger partial charge in [0.25, 0.3) is 0 Å². The first kappa shape index (κ1) is 23.6. The van der Waals surface area contributed by atoms with Gasteiger partial charge in [-0.2, -0.15) is 9.57 Å². The highest BCUT2D eigenvalue weighted by Crippen LogP contribution is 2.39. The molecule has 1 fully saturated rings. The van der Waals surface area contributed by atoms with E-state index in [9.17, 15) is 18.5 Å². The molecule has 1 aromatic heterocycles. The standard InChI is InChI=1S/C24H28N4O3S2/c1-18-7-8-20-21(16-25)24(32-22(20)15-18)26-23(29)17-27-10-12-28(13-11-27)33(30,31)14-9-19-5-3-2-4-6-19/h2-6,9,14,18H,7-8,10-13,15,17H2,1H3,(H,26,29)/b14-9+/t18-/m0/s1. The van der Waals surface area contributed by atoms with Crippen LogP contribution in [0.4, 0.5) is 5.00 Å². The first-order chi connectivity index (χ1) is 15.9. The molecular formula is C24H28N4O3S2. The van der Waals surface area contributed by atoms with E-state index in [2.05, 4.69) is 18.3 Å². The number of rotatable bonds is 6. The van der Waals surface area contributed by atoms with Crippen molar-refractivity contribution in [2.75, 3.05) is 38.0 Å². The van der Waals surface area contributed by atoms with Crippen molar-refractivity contribution in [2.45, 2.75) is 26.2 Å². The lowest BCUT2D eigenvalue weighted by Crippen LogP contribution is -2.49. The molecule has 1 aromatic carbocycles. The van der Waals surface area contributed by atoms with Crippen molar-refractivity contribution in [3.8, 4) is 6.07 Å². The lowest BCUT2D eigenvalue weighted by Gasteiger charge is -2.32. The number of amides is 1. The Kier molecular flexibility index (Phi) is 7.29. The van der Waals surface area contributed by atoms with E-state index in [4.69, 9.17) is 0 Å². The molecule has 2 aromatic rings. The number of anilines is 1. The quantitative estimate of drug-likeness (QED) is 0.679. The van der Waals surface area contributed by atoms with Gasteiger partial charge in [-0.25, -0.2) is 8.42 Å². The van der Waals surface area contributed by atoms with Gasteiger partial charge in [0.15, 0.2) is 0 Å². The third kappa shape index (κ3) is 5.71. The molecule has 1 atom stereocenters. The van der Waals surface area contributed by atoms with E-state index in [0.717, 1.165) is 30.4 Å². The van der Waals surface area contributed by atoms with Gasteiger partial charge in [0, 0.05) is 36.5 Å². The molecule has 174 valence electrons. The molecule has 1 aliphatic heterocycles. The van der Waals surface area contributed by atoms with Gasteiger partial charge in [0.1, 0.15) is 11.1 Å². The average Bonchev–Trinajstić information content (AvgIpc) is 3.14.